The van der Waals surface area contributed by atoms with Crippen molar-refractivity contribution < 1.29 is 9.59 Å². The first kappa shape index (κ1) is 13.7. The fraction of sp³-hybridized carbons (Fsp3) is 0.444. The second-order valence-electron chi connectivity index (χ2n) is 4.00. The number of carbonyl (C=O) groups excluding carboxylic acids is 2. The highest BCUT2D eigenvalue weighted by molar-refractivity contribution is 8.60. The van der Waals surface area contributed by atoms with Crippen LogP contribution in [0.3, 0.4) is 0 Å². The summed E-state index contributed by atoms with van der Waals surface area (Å²) in [6.07, 6.45) is 0.349. The molecule has 0 radical (unpaired) electrons. The van der Waals surface area contributed by atoms with Gasteiger partial charge in [0.1, 0.15) is 11.5 Å². The smallest absolute Gasteiger partial charge is 0.191 e. The molecular weight excluding hydrogens is 292 g/mol. The van der Waals surface area contributed by atoms with Gasteiger partial charge in [0.25, 0.3) is 0 Å². The van der Waals surface area contributed by atoms with Crippen molar-refractivity contribution in [1.82, 2.24) is 9.55 Å². The largest absolute Gasteiger partial charge is 0.299 e. The lowest BCUT2D eigenvalue weighted by Crippen LogP contribution is -2.30. The maximum absolute atomic E-state index is 12.2. The summed E-state index contributed by atoms with van der Waals surface area (Å²) in [6.45, 7) is 3.56. The van der Waals surface area contributed by atoms with Crippen LogP contribution in [-0.2, 0) is 11.2 Å². The van der Waals surface area contributed by atoms with Gasteiger partial charge < -0.3 is 0 Å². The lowest BCUT2D eigenvalue weighted by Gasteiger charge is -2.19. The molecule has 0 saturated heterocycles. The fourth-order valence-electron chi connectivity index (χ4n) is 1.89. The van der Waals surface area contributed by atoms with Gasteiger partial charge in [0.05, 0.1) is 19.1 Å². The Labute approximate surface area is 107 Å². The van der Waals surface area contributed by atoms with Crippen molar-refractivity contribution in [2.75, 3.05) is 0 Å². The van der Waals surface area contributed by atoms with Crippen LogP contribution in [0.5, 0.6) is 0 Å². The van der Waals surface area contributed by atoms with Crippen LogP contribution in [0.15, 0.2) is 0 Å². The summed E-state index contributed by atoms with van der Waals surface area (Å²) < 4.78 is 1.82. The molecule has 8 heteroatoms. The van der Waals surface area contributed by atoms with Gasteiger partial charge in [0, 0.05) is 12.0 Å². The highest BCUT2D eigenvalue weighted by atomic mass is 32.6. The highest BCUT2D eigenvalue weighted by Crippen LogP contribution is 2.66. The van der Waals surface area contributed by atoms with Gasteiger partial charge in [-0.25, -0.2) is 4.45 Å². The van der Waals surface area contributed by atoms with Gasteiger partial charge in [-0.1, -0.05) is 8.93 Å². The van der Waals surface area contributed by atoms with Gasteiger partial charge in [-0.3, -0.25) is 9.59 Å². The van der Waals surface area contributed by atoms with Gasteiger partial charge >= 0.3 is 0 Å². The molecule has 0 spiro atoms. The Morgan fingerprint density at radius 1 is 1.53 bits per heavy atom. The van der Waals surface area contributed by atoms with Gasteiger partial charge in [0.15, 0.2) is 5.78 Å². The lowest BCUT2D eigenvalue weighted by atomic mass is 9.86. The molecule has 4 nitrogen and oxygen atoms in total. The molecule has 1 aromatic rings. The molecule has 0 aromatic carbocycles. The van der Waals surface area contributed by atoms with Crippen molar-refractivity contribution in [3.05, 3.63) is 17.0 Å². The summed E-state index contributed by atoms with van der Waals surface area (Å²) in [5.41, 5.74) is 2.30. The number of aromatic nitrogens is 2. The molecule has 0 amide bonds. The molecule has 1 heterocycles. The van der Waals surface area contributed by atoms with E-state index in [1.54, 1.807) is 6.92 Å². The van der Waals surface area contributed by atoms with E-state index in [1.165, 1.54) is 0 Å². The maximum atomic E-state index is 12.2. The van der Waals surface area contributed by atoms with Crippen molar-refractivity contribution in [1.29, 1.82) is 0 Å². The minimum atomic E-state index is -0.546. The Balaban J connectivity index is 2.59. The summed E-state index contributed by atoms with van der Waals surface area (Å²) >= 11 is 0. The molecule has 5 atom stereocenters. The first-order chi connectivity index (χ1) is 7.97. The third-order valence-electron chi connectivity index (χ3n) is 2.96. The quantitative estimate of drug-likeness (QED) is 0.623. The van der Waals surface area contributed by atoms with Crippen LogP contribution in [0.4, 0.5) is 0 Å². The second-order valence-corrected chi connectivity index (χ2v) is 12.8. The Kier molecular flexibility index (Phi) is 4.11. The van der Waals surface area contributed by atoms with E-state index in [4.69, 9.17) is 0 Å². The van der Waals surface area contributed by atoms with Crippen LogP contribution in [0.1, 0.15) is 28.7 Å². The van der Waals surface area contributed by atoms with E-state index in [9.17, 15) is 9.59 Å². The summed E-state index contributed by atoms with van der Waals surface area (Å²) in [6, 6.07) is 0. The van der Waals surface area contributed by atoms with E-state index in [2.05, 4.69) is 23.0 Å². The maximum Gasteiger partial charge on any atom is 0.191 e. The van der Waals surface area contributed by atoms with Crippen LogP contribution in [0.25, 0.3) is 0 Å². The molecule has 0 saturated carbocycles. The third kappa shape index (κ3) is 2.26. The fourth-order valence-corrected chi connectivity index (χ4v) is 4.92. The van der Waals surface area contributed by atoms with Gasteiger partial charge in [-0.15, -0.1) is 8.93 Å². The summed E-state index contributed by atoms with van der Waals surface area (Å²) in [4.78, 5) is 23.9. The van der Waals surface area contributed by atoms with E-state index >= 15 is 0 Å². The number of ketones is 2. The van der Waals surface area contributed by atoms with Crippen LogP contribution in [0, 0.1) is 12.8 Å². The number of hydrogen-bond acceptors (Lipinski definition) is 3. The van der Waals surface area contributed by atoms with Crippen molar-refractivity contribution >= 4 is 44.8 Å². The van der Waals surface area contributed by atoms with Crippen LogP contribution >= 0.6 is 33.3 Å². The number of carbonyl (C=O) groups is 2. The third-order valence-corrected chi connectivity index (χ3v) is 12.4. The average Bonchev–Trinajstić information content (AvgIpc) is 2.63. The molecule has 17 heavy (non-hydrogen) atoms. The lowest BCUT2D eigenvalue weighted by molar-refractivity contribution is -0.120. The Hall–Kier alpha value is 0.270. The molecule has 1 aliphatic carbocycles. The summed E-state index contributed by atoms with van der Waals surface area (Å²) in [7, 11) is 5.52. The van der Waals surface area contributed by atoms with Crippen LogP contribution < -0.4 is 0 Å². The molecule has 1 aromatic heterocycles. The van der Waals surface area contributed by atoms with Crippen molar-refractivity contribution in [3.63, 3.8) is 0 Å². The summed E-state index contributed by atoms with van der Waals surface area (Å²) in [5, 5.41) is 4.43. The topological polar surface area (TPSA) is 52.0 Å². The zero-order valence-electron chi connectivity index (χ0n) is 9.60. The molecule has 0 N–H and O–H groups in total. The summed E-state index contributed by atoms with van der Waals surface area (Å²) in [5.74, 6) is -0.583. The van der Waals surface area contributed by atoms with Crippen molar-refractivity contribution in [3.8, 4) is 0 Å². The predicted molar refractivity (Wildman–Crippen MR) is 79.2 cm³/mol. The average molecular weight is 306 g/mol. The monoisotopic (exact) mass is 306 g/mol. The number of nitrogens with zero attached hydrogens (tertiary/aromatic N) is 2. The molecule has 92 valence electrons. The van der Waals surface area contributed by atoms with E-state index in [0.717, 1.165) is 11.3 Å². The minimum absolute atomic E-state index is 0.00607. The van der Waals surface area contributed by atoms with Crippen molar-refractivity contribution in [2.45, 2.75) is 20.3 Å². The first-order valence-electron chi connectivity index (χ1n) is 5.14. The molecule has 0 bridgehead atoms. The Bertz CT molecular complexity index is 499. The highest BCUT2D eigenvalue weighted by Gasteiger charge is 2.36. The van der Waals surface area contributed by atoms with Crippen molar-refractivity contribution in [2.24, 2.45) is 5.92 Å². The SMILES string of the molecule is Cc1nn(P(P)PP)c2c1CC(=O)C(C)C2=O. The Morgan fingerprint density at radius 2 is 2.18 bits per heavy atom. The molecule has 0 aliphatic heterocycles. The number of rotatable bonds is 2. The van der Waals surface area contributed by atoms with E-state index < -0.39 is 13.4 Å². The molecule has 1 aliphatic rings. The van der Waals surface area contributed by atoms with Crippen LogP contribution in [-0.4, -0.2) is 21.1 Å². The van der Waals surface area contributed by atoms with E-state index in [0.29, 0.717) is 20.1 Å². The first-order valence-corrected chi connectivity index (χ1v) is 11.7. The normalized spacial score (nSPS) is 22.2. The molecule has 0 fully saturated rings. The number of Topliss-reactive ketones (excluding diaryl/α,β-unsaturated/α-hetero) is 2. The standard InChI is InChI=1S/C9H14N2O2P4/c1-4-7(12)3-6-5(2)10-11(17(15)16-14)8(6)9(4)13/h4,16H,3,14-15H2,1-2H3. The Morgan fingerprint density at radius 3 is 2.76 bits per heavy atom. The van der Waals surface area contributed by atoms with Crippen LogP contribution in [0.2, 0.25) is 0 Å². The van der Waals surface area contributed by atoms with Gasteiger partial charge in [0.2, 0.25) is 0 Å². The van der Waals surface area contributed by atoms with E-state index in [1.807, 2.05) is 11.4 Å². The van der Waals surface area contributed by atoms with Gasteiger partial charge in [-0.2, -0.15) is 5.10 Å². The zero-order valence-corrected chi connectivity index (χ0v) is 13.8. The zero-order chi connectivity index (χ0) is 12.7. The molecule has 5 unspecified atom stereocenters. The minimum Gasteiger partial charge on any atom is -0.299 e. The van der Waals surface area contributed by atoms with E-state index in [-0.39, 0.29) is 11.6 Å². The number of hydrogen-bond donors (Lipinski definition) is 0. The molecular formula is C9H14N2O2P4. The molecule has 2 rings (SSSR count). The number of fused-ring (bicyclic) bond motifs is 1. The predicted octanol–water partition coefficient (Wildman–Crippen LogP) is 2.55. The number of aryl methyl sites for hydroxylation is 1. The second kappa shape index (κ2) is 5.10. The van der Waals surface area contributed by atoms with Gasteiger partial charge in [-0.05, 0) is 21.8 Å².